The molecule has 0 aliphatic rings. The number of benzene rings is 1. The van der Waals surface area contributed by atoms with Crippen molar-refractivity contribution in [3.63, 3.8) is 0 Å². The van der Waals surface area contributed by atoms with Crippen LogP contribution in [0.2, 0.25) is 0 Å². The summed E-state index contributed by atoms with van der Waals surface area (Å²) < 4.78 is 0.920. The van der Waals surface area contributed by atoms with Crippen molar-refractivity contribution >= 4 is 15.9 Å². The van der Waals surface area contributed by atoms with E-state index in [-0.39, 0.29) is 0 Å². The van der Waals surface area contributed by atoms with Crippen molar-refractivity contribution in [1.29, 1.82) is 0 Å². The van der Waals surface area contributed by atoms with Crippen molar-refractivity contribution in [1.82, 2.24) is 4.98 Å². The van der Waals surface area contributed by atoms with E-state index in [4.69, 9.17) is 0 Å². The molecule has 1 heterocycles. The van der Waals surface area contributed by atoms with Crippen molar-refractivity contribution < 1.29 is 5.11 Å². The SMILES string of the molecule is Cc1ccc(C(O)c2cccnc2)c(Br)c1. The van der Waals surface area contributed by atoms with Gasteiger partial charge in [0.25, 0.3) is 0 Å². The number of aliphatic hydroxyl groups excluding tert-OH is 1. The Labute approximate surface area is 103 Å². The second-order valence-corrected chi connectivity index (χ2v) is 4.57. The summed E-state index contributed by atoms with van der Waals surface area (Å²) in [6, 6.07) is 9.59. The third-order valence-electron chi connectivity index (χ3n) is 2.45. The standard InChI is InChI=1S/C13H12BrNO/c1-9-4-5-11(12(14)7-9)13(16)10-3-2-6-15-8-10/h2-8,13,16H,1H3. The lowest BCUT2D eigenvalue weighted by Gasteiger charge is -2.13. The molecule has 0 bridgehead atoms. The lowest BCUT2D eigenvalue weighted by atomic mass is 10.0. The van der Waals surface area contributed by atoms with Gasteiger partial charge >= 0.3 is 0 Å². The Kier molecular flexibility index (Phi) is 3.36. The molecule has 16 heavy (non-hydrogen) atoms. The monoisotopic (exact) mass is 277 g/mol. The number of hydrogen-bond donors (Lipinski definition) is 1. The largest absolute Gasteiger partial charge is 0.384 e. The molecule has 1 N–H and O–H groups in total. The van der Waals surface area contributed by atoms with Gasteiger partial charge in [-0.15, -0.1) is 0 Å². The van der Waals surface area contributed by atoms with Crippen LogP contribution in [-0.2, 0) is 0 Å². The predicted molar refractivity (Wildman–Crippen MR) is 67.2 cm³/mol. The van der Waals surface area contributed by atoms with Gasteiger partial charge in [-0.25, -0.2) is 0 Å². The van der Waals surface area contributed by atoms with Gasteiger partial charge < -0.3 is 5.11 Å². The summed E-state index contributed by atoms with van der Waals surface area (Å²) in [4.78, 5) is 4.00. The number of halogens is 1. The Morgan fingerprint density at radius 2 is 2.12 bits per heavy atom. The molecule has 0 radical (unpaired) electrons. The number of aromatic nitrogens is 1. The minimum Gasteiger partial charge on any atom is -0.384 e. The summed E-state index contributed by atoms with van der Waals surface area (Å²) >= 11 is 3.46. The molecular weight excluding hydrogens is 266 g/mol. The summed E-state index contributed by atoms with van der Waals surface area (Å²) in [5.41, 5.74) is 2.82. The quantitative estimate of drug-likeness (QED) is 0.914. The molecule has 0 aliphatic heterocycles. The molecule has 1 aromatic heterocycles. The molecule has 1 atom stereocenters. The molecule has 0 saturated heterocycles. The Balaban J connectivity index is 2.38. The van der Waals surface area contributed by atoms with E-state index >= 15 is 0 Å². The predicted octanol–water partition coefficient (Wildman–Crippen LogP) is 3.23. The number of rotatable bonds is 2. The molecule has 0 saturated carbocycles. The number of aliphatic hydroxyl groups is 1. The lowest BCUT2D eigenvalue weighted by Crippen LogP contribution is -2.01. The van der Waals surface area contributed by atoms with Crippen molar-refractivity contribution in [2.75, 3.05) is 0 Å². The normalized spacial score (nSPS) is 12.4. The zero-order valence-corrected chi connectivity index (χ0v) is 10.5. The lowest BCUT2D eigenvalue weighted by molar-refractivity contribution is 0.219. The fraction of sp³-hybridized carbons (Fsp3) is 0.154. The maximum atomic E-state index is 10.2. The topological polar surface area (TPSA) is 33.1 Å². The molecule has 1 aromatic carbocycles. The van der Waals surface area contributed by atoms with Crippen LogP contribution in [-0.4, -0.2) is 10.1 Å². The second kappa shape index (κ2) is 4.76. The Morgan fingerprint density at radius 3 is 2.75 bits per heavy atom. The first-order valence-corrected chi connectivity index (χ1v) is 5.82. The van der Waals surface area contributed by atoms with Gasteiger partial charge in [0.1, 0.15) is 6.10 Å². The van der Waals surface area contributed by atoms with E-state index in [1.54, 1.807) is 12.4 Å². The minimum atomic E-state index is -0.635. The zero-order valence-electron chi connectivity index (χ0n) is 8.89. The third-order valence-corrected chi connectivity index (χ3v) is 3.14. The van der Waals surface area contributed by atoms with Crippen LogP contribution in [0.1, 0.15) is 22.8 Å². The first kappa shape index (κ1) is 11.3. The molecule has 0 spiro atoms. The second-order valence-electron chi connectivity index (χ2n) is 3.71. The van der Waals surface area contributed by atoms with Crippen LogP contribution in [0.4, 0.5) is 0 Å². The van der Waals surface area contributed by atoms with Crippen LogP contribution >= 0.6 is 15.9 Å². The fourth-order valence-electron chi connectivity index (χ4n) is 1.57. The molecule has 0 aliphatic carbocycles. The molecule has 82 valence electrons. The number of hydrogen-bond acceptors (Lipinski definition) is 2. The summed E-state index contributed by atoms with van der Waals surface area (Å²) in [6.07, 6.45) is 2.74. The van der Waals surface area contributed by atoms with Gasteiger partial charge in [-0.1, -0.05) is 34.1 Å². The van der Waals surface area contributed by atoms with Gasteiger partial charge in [0, 0.05) is 22.4 Å². The Bertz CT molecular complexity index is 485. The highest BCUT2D eigenvalue weighted by atomic mass is 79.9. The van der Waals surface area contributed by atoms with Gasteiger partial charge in [-0.3, -0.25) is 4.98 Å². The van der Waals surface area contributed by atoms with Gasteiger partial charge in [0.15, 0.2) is 0 Å². The van der Waals surface area contributed by atoms with Crippen LogP contribution in [0, 0.1) is 6.92 Å². The molecule has 1 unspecified atom stereocenters. The van der Waals surface area contributed by atoms with E-state index in [2.05, 4.69) is 20.9 Å². The molecule has 0 fully saturated rings. The zero-order chi connectivity index (χ0) is 11.5. The molecule has 0 amide bonds. The first-order valence-electron chi connectivity index (χ1n) is 5.02. The highest BCUT2D eigenvalue weighted by Gasteiger charge is 2.13. The molecular formula is C13H12BrNO. The van der Waals surface area contributed by atoms with E-state index in [1.807, 2.05) is 37.3 Å². The summed E-state index contributed by atoms with van der Waals surface area (Å²) in [6.45, 7) is 2.02. The third kappa shape index (κ3) is 2.31. The minimum absolute atomic E-state index is 0.635. The van der Waals surface area contributed by atoms with Gasteiger partial charge in [-0.05, 0) is 30.2 Å². The molecule has 2 aromatic rings. The first-order chi connectivity index (χ1) is 7.68. The smallest absolute Gasteiger partial charge is 0.107 e. The average molecular weight is 278 g/mol. The number of aryl methyl sites for hydroxylation is 1. The van der Waals surface area contributed by atoms with Crippen LogP contribution in [0.5, 0.6) is 0 Å². The van der Waals surface area contributed by atoms with Crippen molar-refractivity contribution in [2.45, 2.75) is 13.0 Å². The van der Waals surface area contributed by atoms with E-state index in [0.29, 0.717) is 0 Å². The summed E-state index contributed by atoms with van der Waals surface area (Å²) in [5, 5.41) is 10.2. The van der Waals surface area contributed by atoms with Crippen LogP contribution in [0.25, 0.3) is 0 Å². The van der Waals surface area contributed by atoms with Gasteiger partial charge in [0.05, 0.1) is 0 Å². The molecule has 2 nitrogen and oxygen atoms in total. The van der Waals surface area contributed by atoms with Gasteiger partial charge in [-0.2, -0.15) is 0 Å². The summed E-state index contributed by atoms with van der Waals surface area (Å²) in [7, 11) is 0. The maximum absolute atomic E-state index is 10.2. The number of nitrogens with zero attached hydrogens (tertiary/aromatic N) is 1. The van der Waals surface area contributed by atoms with Crippen molar-refractivity contribution in [3.05, 3.63) is 63.9 Å². The number of pyridine rings is 1. The average Bonchev–Trinajstić information content (AvgIpc) is 2.29. The molecule has 3 heteroatoms. The van der Waals surface area contributed by atoms with Crippen LogP contribution in [0.15, 0.2) is 47.2 Å². The fourth-order valence-corrected chi connectivity index (χ4v) is 2.28. The highest BCUT2D eigenvalue weighted by molar-refractivity contribution is 9.10. The van der Waals surface area contributed by atoms with E-state index in [1.165, 1.54) is 0 Å². The van der Waals surface area contributed by atoms with E-state index in [9.17, 15) is 5.11 Å². The van der Waals surface area contributed by atoms with Crippen molar-refractivity contribution in [3.8, 4) is 0 Å². The van der Waals surface area contributed by atoms with Gasteiger partial charge in [0.2, 0.25) is 0 Å². The van der Waals surface area contributed by atoms with E-state index < -0.39 is 6.10 Å². The van der Waals surface area contributed by atoms with Crippen LogP contribution < -0.4 is 0 Å². The van der Waals surface area contributed by atoms with E-state index in [0.717, 1.165) is 21.2 Å². The van der Waals surface area contributed by atoms with Crippen LogP contribution in [0.3, 0.4) is 0 Å². The Hall–Kier alpha value is -1.19. The molecule has 2 rings (SSSR count). The maximum Gasteiger partial charge on any atom is 0.107 e. The summed E-state index contributed by atoms with van der Waals surface area (Å²) in [5.74, 6) is 0. The highest BCUT2D eigenvalue weighted by Crippen LogP contribution is 2.28. The Morgan fingerprint density at radius 1 is 1.31 bits per heavy atom. The van der Waals surface area contributed by atoms with Crippen molar-refractivity contribution in [2.24, 2.45) is 0 Å².